The van der Waals surface area contributed by atoms with Gasteiger partial charge in [-0.2, -0.15) is 0 Å². The highest BCUT2D eigenvalue weighted by molar-refractivity contribution is 6.42. The summed E-state index contributed by atoms with van der Waals surface area (Å²) < 4.78 is 0. The van der Waals surface area contributed by atoms with Gasteiger partial charge in [0.15, 0.2) is 5.82 Å². The average Bonchev–Trinajstić information content (AvgIpc) is 3.18. The third-order valence-corrected chi connectivity index (χ3v) is 7.44. The lowest BCUT2D eigenvalue weighted by Gasteiger charge is -2.26. The molecule has 3 aromatic carbocycles. The Morgan fingerprint density at radius 2 is 1.57 bits per heavy atom. The Balaban J connectivity index is 1.45. The smallest absolute Gasteiger partial charge is 0.253 e. The molecule has 7 heteroatoms. The van der Waals surface area contributed by atoms with E-state index in [1.807, 2.05) is 41.3 Å². The molecule has 5 rings (SSSR count). The maximum Gasteiger partial charge on any atom is 0.253 e. The molecule has 4 aromatic rings. The first-order chi connectivity index (χ1) is 18.0. The Morgan fingerprint density at radius 1 is 0.838 bits per heavy atom. The van der Waals surface area contributed by atoms with Crippen LogP contribution in [0.4, 0.5) is 5.82 Å². The molecule has 0 N–H and O–H groups in total. The molecule has 0 bridgehead atoms. The van der Waals surface area contributed by atoms with Crippen LogP contribution in [-0.2, 0) is 6.42 Å². The topological polar surface area (TPSA) is 49.3 Å². The Labute approximate surface area is 227 Å². The summed E-state index contributed by atoms with van der Waals surface area (Å²) in [6.45, 7) is 4.80. The summed E-state index contributed by atoms with van der Waals surface area (Å²) in [5.74, 6) is 1.63. The summed E-state index contributed by atoms with van der Waals surface area (Å²) in [5, 5.41) is 0.832. The number of carbonyl (C=O) groups excluding carboxylic acids is 1. The molecule has 37 heavy (non-hydrogen) atoms. The summed E-state index contributed by atoms with van der Waals surface area (Å²) in [7, 11) is 0. The van der Waals surface area contributed by atoms with Crippen molar-refractivity contribution in [2.75, 3.05) is 31.1 Å². The van der Waals surface area contributed by atoms with Gasteiger partial charge in [0.1, 0.15) is 5.82 Å². The fraction of sp³-hybridized carbons (Fsp3) is 0.233. The van der Waals surface area contributed by atoms with Crippen molar-refractivity contribution in [1.82, 2.24) is 14.9 Å². The molecule has 1 amide bonds. The molecule has 1 aliphatic rings. The zero-order chi connectivity index (χ0) is 25.8. The van der Waals surface area contributed by atoms with Crippen molar-refractivity contribution in [2.24, 2.45) is 0 Å². The van der Waals surface area contributed by atoms with Crippen LogP contribution >= 0.6 is 23.2 Å². The zero-order valence-electron chi connectivity index (χ0n) is 20.7. The van der Waals surface area contributed by atoms with E-state index in [1.54, 1.807) is 18.2 Å². The summed E-state index contributed by atoms with van der Waals surface area (Å²) in [6, 6.07) is 25.5. The number of halogens is 2. The summed E-state index contributed by atoms with van der Waals surface area (Å²) in [6.07, 6.45) is 1.58. The molecule has 0 aliphatic carbocycles. The third kappa shape index (κ3) is 5.79. The molecule has 0 saturated carbocycles. The van der Waals surface area contributed by atoms with Gasteiger partial charge in [-0.05, 0) is 37.1 Å². The molecular weight excluding hydrogens is 503 g/mol. The normalized spacial score (nSPS) is 13.9. The highest BCUT2D eigenvalue weighted by atomic mass is 35.5. The van der Waals surface area contributed by atoms with Gasteiger partial charge in [-0.15, -0.1) is 0 Å². The minimum Gasteiger partial charge on any atom is -0.354 e. The molecule has 2 heterocycles. The maximum absolute atomic E-state index is 13.2. The van der Waals surface area contributed by atoms with Gasteiger partial charge in [0.25, 0.3) is 5.91 Å². The number of nitrogens with zero attached hydrogens (tertiary/aromatic N) is 4. The highest BCUT2D eigenvalue weighted by Crippen LogP contribution is 2.29. The lowest BCUT2D eigenvalue weighted by molar-refractivity contribution is 0.0767. The molecule has 1 fully saturated rings. The SMILES string of the molecule is Cc1nc(-c2ccccc2)nc(N2CCCN(C(=O)c3ccc(Cl)c(Cl)c3)CC2)c1Cc1ccccc1. The summed E-state index contributed by atoms with van der Waals surface area (Å²) in [4.78, 5) is 27.4. The summed E-state index contributed by atoms with van der Waals surface area (Å²) in [5.41, 5.74) is 4.85. The maximum atomic E-state index is 13.2. The number of hydrogen-bond acceptors (Lipinski definition) is 4. The molecule has 0 atom stereocenters. The van der Waals surface area contributed by atoms with Crippen LogP contribution in [0.1, 0.15) is 33.6 Å². The van der Waals surface area contributed by atoms with Gasteiger partial charge >= 0.3 is 0 Å². The molecule has 0 unspecified atom stereocenters. The van der Waals surface area contributed by atoms with Gasteiger partial charge in [-0.25, -0.2) is 9.97 Å². The van der Waals surface area contributed by atoms with Gasteiger partial charge in [-0.1, -0.05) is 83.9 Å². The van der Waals surface area contributed by atoms with E-state index in [4.69, 9.17) is 33.2 Å². The number of amides is 1. The second kappa shape index (κ2) is 11.3. The van der Waals surface area contributed by atoms with Crippen LogP contribution < -0.4 is 4.90 Å². The predicted molar refractivity (Wildman–Crippen MR) is 151 cm³/mol. The molecule has 1 saturated heterocycles. The number of hydrogen-bond donors (Lipinski definition) is 0. The van der Waals surface area contributed by atoms with Crippen LogP contribution in [0.3, 0.4) is 0 Å². The Morgan fingerprint density at radius 3 is 2.30 bits per heavy atom. The first-order valence-electron chi connectivity index (χ1n) is 12.5. The third-order valence-electron chi connectivity index (χ3n) is 6.70. The van der Waals surface area contributed by atoms with Crippen molar-refractivity contribution in [3.8, 4) is 11.4 Å². The van der Waals surface area contributed by atoms with Gasteiger partial charge < -0.3 is 9.80 Å². The van der Waals surface area contributed by atoms with E-state index in [-0.39, 0.29) is 5.91 Å². The zero-order valence-corrected chi connectivity index (χ0v) is 22.2. The van der Waals surface area contributed by atoms with E-state index in [0.717, 1.165) is 47.8 Å². The van der Waals surface area contributed by atoms with Crippen molar-refractivity contribution in [3.05, 3.63) is 111 Å². The number of carbonyl (C=O) groups is 1. The molecule has 0 spiro atoms. The first-order valence-corrected chi connectivity index (χ1v) is 13.2. The molecular formula is C30H28Cl2N4O. The van der Waals surface area contributed by atoms with E-state index < -0.39 is 0 Å². The van der Waals surface area contributed by atoms with E-state index in [2.05, 4.69) is 36.1 Å². The van der Waals surface area contributed by atoms with Crippen LogP contribution in [0.5, 0.6) is 0 Å². The first kappa shape index (κ1) is 25.2. The second-order valence-electron chi connectivity index (χ2n) is 9.22. The number of anilines is 1. The van der Waals surface area contributed by atoms with Crippen LogP contribution in [0.15, 0.2) is 78.9 Å². The van der Waals surface area contributed by atoms with Gasteiger partial charge in [0.2, 0.25) is 0 Å². The van der Waals surface area contributed by atoms with E-state index in [9.17, 15) is 4.79 Å². The van der Waals surface area contributed by atoms with Gasteiger partial charge in [-0.3, -0.25) is 4.79 Å². The minimum absolute atomic E-state index is 0.0335. The highest BCUT2D eigenvalue weighted by Gasteiger charge is 2.24. The fourth-order valence-corrected chi connectivity index (χ4v) is 5.01. The van der Waals surface area contributed by atoms with Crippen LogP contribution in [0.25, 0.3) is 11.4 Å². The predicted octanol–water partition coefficient (Wildman–Crippen LogP) is 6.70. The standard InChI is InChI=1S/C30H28Cl2N4O/c1-21-25(19-22-9-4-2-5-10-22)29(34-28(33-21)23-11-6-3-7-12-23)35-15-8-16-36(18-17-35)30(37)24-13-14-26(31)27(32)20-24/h2-7,9-14,20H,8,15-19H2,1H3. The van der Waals surface area contributed by atoms with Crippen LogP contribution in [0.2, 0.25) is 10.0 Å². The lowest BCUT2D eigenvalue weighted by atomic mass is 10.0. The summed E-state index contributed by atoms with van der Waals surface area (Å²) >= 11 is 12.2. The van der Waals surface area contributed by atoms with Crippen LogP contribution in [0, 0.1) is 6.92 Å². The molecule has 1 aromatic heterocycles. The van der Waals surface area contributed by atoms with Crippen molar-refractivity contribution in [3.63, 3.8) is 0 Å². The number of aromatic nitrogens is 2. The molecule has 5 nitrogen and oxygen atoms in total. The number of rotatable bonds is 5. The largest absolute Gasteiger partial charge is 0.354 e. The van der Waals surface area contributed by atoms with Crippen molar-refractivity contribution >= 4 is 34.9 Å². The Bertz CT molecular complexity index is 1400. The fourth-order valence-electron chi connectivity index (χ4n) is 4.71. The molecule has 1 aliphatic heterocycles. The minimum atomic E-state index is -0.0335. The Hall–Kier alpha value is -3.41. The molecule has 0 radical (unpaired) electrons. The lowest BCUT2D eigenvalue weighted by Crippen LogP contribution is -2.35. The second-order valence-corrected chi connectivity index (χ2v) is 10.0. The monoisotopic (exact) mass is 530 g/mol. The van der Waals surface area contributed by atoms with Crippen molar-refractivity contribution < 1.29 is 4.79 Å². The van der Waals surface area contributed by atoms with Gasteiger partial charge in [0, 0.05) is 55.0 Å². The Kier molecular flexibility index (Phi) is 7.73. The van der Waals surface area contributed by atoms with E-state index >= 15 is 0 Å². The number of aryl methyl sites for hydroxylation is 1. The van der Waals surface area contributed by atoms with Crippen molar-refractivity contribution in [2.45, 2.75) is 19.8 Å². The number of benzene rings is 3. The quantitative estimate of drug-likeness (QED) is 0.288. The average molecular weight is 531 g/mol. The van der Waals surface area contributed by atoms with Gasteiger partial charge in [0.05, 0.1) is 10.0 Å². The van der Waals surface area contributed by atoms with E-state index in [1.165, 1.54) is 5.56 Å². The van der Waals surface area contributed by atoms with E-state index in [0.29, 0.717) is 35.2 Å². The molecule has 188 valence electrons. The van der Waals surface area contributed by atoms with Crippen LogP contribution in [-0.4, -0.2) is 47.0 Å². The van der Waals surface area contributed by atoms with Crippen molar-refractivity contribution in [1.29, 1.82) is 0 Å².